The minimum absolute atomic E-state index is 0.134. The molecular weight excluding hydrogens is 398 g/mol. The van der Waals surface area contributed by atoms with Crippen molar-refractivity contribution >= 4 is 38.7 Å². The zero-order valence-electron chi connectivity index (χ0n) is 13.4. The van der Waals surface area contributed by atoms with Crippen LogP contribution >= 0.6 is 22.9 Å². The highest BCUT2D eigenvalue weighted by Crippen LogP contribution is 2.21. The fourth-order valence-electron chi connectivity index (χ4n) is 2.12. The van der Waals surface area contributed by atoms with E-state index in [1.54, 1.807) is 36.4 Å². The Morgan fingerprint density at radius 3 is 2.73 bits per heavy atom. The molecule has 7 nitrogen and oxygen atoms in total. The topological polar surface area (TPSA) is 102 Å². The minimum Gasteiger partial charge on any atom is -0.412 e. The molecule has 0 atom stereocenters. The van der Waals surface area contributed by atoms with Gasteiger partial charge in [0, 0.05) is 18.0 Å². The lowest BCUT2D eigenvalue weighted by Gasteiger charge is -2.02. The number of amides is 1. The zero-order valence-corrected chi connectivity index (χ0v) is 15.8. The summed E-state index contributed by atoms with van der Waals surface area (Å²) in [7, 11) is -3.80. The molecule has 0 bridgehead atoms. The molecule has 26 heavy (non-hydrogen) atoms. The average Bonchev–Trinajstić information content (AvgIpc) is 3.28. The lowest BCUT2D eigenvalue weighted by Crippen LogP contribution is -2.24. The number of hydrogen-bond donors (Lipinski definition) is 1. The number of carbonyl (C=O) groups excluding carboxylic acids is 1. The van der Waals surface area contributed by atoms with Gasteiger partial charge in [-0.2, -0.15) is 0 Å². The van der Waals surface area contributed by atoms with Gasteiger partial charge in [0.05, 0.1) is 10.6 Å². The summed E-state index contributed by atoms with van der Waals surface area (Å²) in [6, 6.07) is 10.2. The van der Waals surface area contributed by atoms with Crippen molar-refractivity contribution in [2.75, 3.05) is 6.54 Å². The molecular formula is C16H14ClN3O4S2. The monoisotopic (exact) mass is 411 g/mol. The van der Waals surface area contributed by atoms with E-state index in [2.05, 4.69) is 15.5 Å². The maximum Gasteiger partial charge on any atom is 0.335 e. The van der Waals surface area contributed by atoms with E-state index in [4.69, 9.17) is 16.0 Å². The molecule has 1 amide bonds. The Balaban J connectivity index is 1.60. The van der Waals surface area contributed by atoms with Gasteiger partial charge in [0.2, 0.25) is 15.7 Å². The van der Waals surface area contributed by atoms with Gasteiger partial charge in [0.25, 0.3) is 5.91 Å². The summed E-state index contributed by atoms with van der Waals surface area (Å²) in [4.78, 5) is 12.4. The smallest absolute Gasteiger partial charge is 0.335 e. The molecule has 0 saturated carbocycles. The molecule has 2 heterocycles. The van der Waals surface area contributed by atoms with Crippen molar-refractivity contribution in [2.45, 2.75) is 17.4 Å². The number of sulfone groups is 1. The van der Waals surface area contributed by atoms with Gasteiger partial charge in [0.15, 0.2) is 0 Å². The van der Waals surface area contributed by atoms with E-state index in [1.807, 2.05) is 5.38 Å². The van der Waals surface area contributed by atoms with Crippen LogP contribution in [0.5, 0.6) is 0 Å². The summed E-state index contributed by atoms with van der Waals surface area (Å²) in [5.41, 5.74) is 0.456. The average molecular weight is 412 g/mol. The second-order valence-electron chi connectivity index (χ2n) is 5.30. The van der Waals surface area contributed by atoms with Crippen LogP contribution in [0, 0.1) is 0 Å². The van der Waals surface area contributed by atoms with E-state index in [0.717, 1.165) is 0 Å². The van der Waals surface area contributed by atoms with Crippen molar-refractivity contribution in [1.29, 1.82) is 0 Å². The lowest BCUT2D eigenvalue weighted by molar-refractivity contribution is 0.0957. The van der Waals surface area contributed by atoms with Gasteiger partial charge < -0.3 is 9.73 Å². The molecule has 0 unspecified atom stereocenters. The van der Waals surface area contributed by atoms with Gasteiger partial charge in [0.1, 0.15) is 0 Å². The van der Waals surface area contributed by atoms with Gasteiger partial charge in [-0.1, -0.05) is 41.0 Å². The first-order valence-corrected chi connectivity index (χ1v) is 10.5. The molecule has 0 aliphatic heterocycles. The first-order valence-electron chi connectivity index (χ1n) is 7.56. The van der Waals surface area contributed by atoms with Crippen LogP contribution in [0.25, 0.3) is 0 Å². The van der Waals surface area contributed by atoms with Gasteiger partial charge >= 0.3 is 5.22 Å². The highest BCUT2D eigenvalue weighted by atomic mass is 35.5. The van der Waals surface area contributed by atoms with Crippen molar-refractivity contribution in [2.24, 2.45) is 0 Å². The van der Waals surface area contributed by atoms with E-state index in [9.17, 15) is 13.2 Å². The summed E-state index contributed by atoms with van der Waals surface area (Å²) >= 11 is 7.33. The van der Waals surface area contributed by atoms with Crippen LogP contribution in [0.15, 0.2) is 51.4 Å². The molecule has 3 aromatic rings. The number of aromatic nitrogens is 2. The fraction of sp³-hybridized carbons (Fsp3) is 0.188. The molecule has 0 aliphatic rings. The quantitative estimate of drug-likeness (QED) is 0.641. The Labute approximate surface area is 158 Å². The number of hydrogen-bond acceptors (Lipinski definition) is 7. The first kappa shape index (κ1) is 18.6. The molecule has 3 rings (SSSR count). The molecule has 1 aromatic carbocycles. The van der Waals surface area contributed by atoms with Gasteiger partial charge in [-0.05, 0) is 23.1 Å². The van der Waals surface area contributed by atoms with Crippen LogP contribution in [0.2, 0.25) is 5.02 Å². The van der Waals surface area contributed by atoms with E-state index in [0.29, 0.717) is 15.5 Å². The molecule has 1 N–H and O–H groups in total. The Morgan fingerprint density at radius 1 is 1.19 bits per heavy atom. The van der Waals surface area contributed by atoms with E-state index in [-0.39, 0.29) is 30.5 Å². The number of nitrogens with zero attached hydrogens (tertiary/aromatic N) is 2. The second kappa shape index (κ2) is 7.98. The third-order valence-electron chi connectivity index (χ3n) is 3.39. The summed E-state index contributed by atoms with van der Waals surface area (Å²) in [6.45, 7) is 0.253. The van der Waals surface area contributed by atoms with Crippen LogP contribution in [-0.4, -0.2) is 31.1 Å². The molecule has 0 fully saturated rings. The highest BCUT2D eigenvalue weighted by Gasteiger charge is 2.24. The summed E-state index contributed by atoms with van der Waals surface area (Å²) in [6.07, 6.45) is 0.228. The van der Waals surface area contributed by atoms with Crippen molar-refractivity contribution in [3.05, 3.63) is 63.1 Å². The normalized spacial score (nSPS) is 11.4. The zero-order chi connectivity index (χ0) is 18.6. The number of thiophene rings is 1. The summed E-state index contributed by atoms with van der Waals surface area (Å²) < 4.78 is 30.0. The number of benzene rings is 1. The molecule has 0 aliphatic carbocycles. The van der Waals surface area contributed by atoms with Crippen LogP contribution in [0.4, 0.5) is 0 Å². The largest absolute Gasteiger partial charge is 0.412 e. The Hall–Kier alpha value is -2.23. The van der Waals surface area contributed by atoms with E-state index < -0.39 is 15.1 Å². The highest BCUT2D eigenvalue weighted by molar-refractivity contribution is 7.90. The van der Waals surface area contributed by atoms with Crippen LogP contribution in [0.1, 0.15) is 21.1 Å². The van der Waals surface area contributed by atoms with Crippen molar-refractivity contribution < 1.29 is 17.6 Å². The maximum absolute atomic E-state index is 12.4. The van der Waals surface area contributed by atoms with Crippen LogP contribution in [0.3, 0.4) is 0 Å². The lowest BCUT2D eigenvalue weighted by atomic mass is 10.2. The molecule has 2 aromatic heterocycles. The summed E-state index contributed by atoms with van der Waals surface area (Å²) in [5, 5.41) is 11.7. The Bertz CT molecular complexity index is 1000. The second-order valence-corrected chi connectivity index (χ2v) is 8.52. The fourth-order valence-corrected chi connectivity index (χ4v) is 4.22. The van der Waals surface area contributed by atoms with Gasteiger partial charge in [-0.25, -0.2) is 8.42 Å². The van der Waals surface area contributed by atoms with Crippen molar-refractivity contribution in [3.63, 3.8) is 0 Å². The molecule has 136 valence electrons. The Morgan fingerprint density at radius 2 is 2.00 bits per heavy atom. The van der Waals surface area contributed by atoms with Crippen molar-refractivity contribution in [1.82, 2.24) is 15.5 Å². The maximum atomic E-state index is 12.4. The van der Waals surface area contributed by atoms with Gasteiger partial charge in [-0.15, -0.1) is 16.4 Å². The van der Waals surface area contributed by atoms with Crippen molar-refractivity contribution in [3.8, 4) is 0 Å². The molecule has 0 spiro atoms. The number of halogens is 1. The third-order valence-corrected chi connectivity index (χ3v) is 6.01. The predicted octanol–water partition coefficient (Wildman–Crippen LogP) is 2.73. The minimum atomic E-state index is -3.80. The third kappa shape index (κ3) is 4.48. The van der Waals surface area contributed by atoms with Crippen LogP contribution in [-0.2, 0) is 22.0 Å². The first-order chi connectivity index (χ1) is 12.5. The van der Waals surface area contributed by atoms with Gasteiger partial charge in [-0.3, -0.25) is 4.79 Å². The number of carbonyl (C=O) groups is 1. The van der Waals surface area contributed by atoms with Crippen LogP contribution < -0.4 is 5.32 Å². The SMILES string of the molecule is O=C(NCCc1nnc(S(=O)(=O)Cc2ccccc2Cl)o1)c1cccs1. The number of nitrogens with one attached hydrogen (secondary N) is 1. The van der Waals surface area contributed by atoms with E-state index >= 15 is 0 Å². The molecule has 0 radical (unpaired) electrons. The molecule has 0 saturated heterocycles. The Kier molecular flexibility index (Phi) is 5.70. The summed E-state index contributed by atoms with van der Waals surface area (Å²) in [5.74, 6) is -0.399. The number of rotatable bonds is 7. The standard InChI is InChI=1S/C16H14ClN3O4S2/c17-12-5-2-1-4-11(12)10-26(22,23)16-20-19-14(24-16)7-8-18-15(21)13-6-3-9-25-13/h1-6,9H,7-8,10H2,(H,18,21). The predicted molar refractivity (Wildman–Crippen MR) is 97.0 cm³/mol. The van der Waals surface area contributed by atoms with E-state index in [1.165, 1.54) is 11.3 Å². The molecule has 10 heteroatoms.